The predicted octanol–water partition coefficient (Wildman–Crippen LogP) is 3.38. The Morgan fingerprint density at radius 3 is 2.63 bits per heavy atom. The van der Waals surface area contributed by atoms with Crippen molar-refractivity contribution in [2.45, 2.75) is 13.8 Å². The largest absolute Gasteiger partial charge is 0.320 e. The van der Waals surface area contributed by atoms with Crippen LogP contribution in [0.2, 0.25) is 0 Å². The van der Waals surface area contributed by atoms with E-state index in [1.54, 1.807) is 0 Å². The van der Waals surface area contributed by atoms with Gasteiger partial charge in [0.15, 0.2) is 0 Å². The van der Waals surface area contributed by atoms with E-state index in [0.717, 1.165) is 28.1 Å². The van der Waals surface area contributed by atoms with E-state index in [2.05, 4.69) is 10.3 Å². The van der Waals surface area contributed by atoms with Crippen molar-refractivity contribution in [3.05, 3.63) is 59.2 Å². The number of carbonyl (C=O) groups is 1. The van der Waals surface area contributed by atoms with Crippen molar-refractivity contribution in [2.24, 2.45) is 4.99 Å². The number of aryl methyl sites for hydroxylation is 2. The molecule has 94 valence electrons. The third-order valence-corrected chi connectivity index (χ3v) is 3.22. The highest BCUT2D eigenvalue weighted by Gasteiger charge is 2.26. The first-order valence-corrected chi connectivity index (χ1v) is 6.22. The molecular formula is C16H14N2O. The number of amides is 1. The minimum Gasteiger partial charge on any atom is -0.320 e. The lowest BCUT2D eigenvalue weighted by atomic mass is 10.1. The van der Waals surface area contributed by atoms with Crippen LogP contribution in [0.5, 0.6) is 0 Å². The van der Waals surface area contributed by atoms with Crippen LogP contribution in [0.15, 0.2) is 47.5 Å². The van der Waals surface area contributed by atoms with E-state index in [-0.39, 0.29) is 5.91 Å². The molecule has 0 unspecified atom stereocenters. The molecule has 0 bridgehead atoms. The fraction of sp³-hybridized carbons (Fsp3) is 0.125. The van der Waals surface area contributed by atoms with Crippen LogP contribution >= 0.6 is 0 Å². The number of nitrogens with zero attached hydrogens (tertiary/aromatic N) is 1. The first kappa shape index (κ1) is 11.7. The van der Waals surface area contributed by atoms with Gasteiger partial charge in [0.1, 0.15) is 5.71 Å². The molecule has 1 amide bonds. The van der Waals surface area contributed by atoms with Crippen LogP contribution in [-0.2, 0) is 4.79 Å². The predicted molar refractivity (Wildman–Crippen MR) is 77.2 cm³/mol. The SMILES string of the molecule is Cc1cccc(N=C2C(=O)Nc3c(C)cccc32)c1. The van der Waals surface area contributed by atoms with Crippen LogP contribution in [0.3, 0.4) is 0 Å². The number of aliphatic imine (C=N–C) groups is 1. The normalized spacial score (nSPS) is 15.5. The van der Waals surface area contributed by atoms with Crippen molar-refractivity contribution < 1.29 is 4.79 Å². The third kappa shape index (κ3) is 2.03. The standard InChI is InChI=1S/C16H14N2O/c1-10-5-3-7-12(9-10)17-15-13-8-4-6-11(2)14(13)18-16(15)19/h3-9H,1-2H3,(H,17,18,19). The Balaban J connectivity index is 2.12. The van der Waals surface area contributed by atoms with Crippen LogP contribution < -0.4 is 5.32 Å². The zero-order valence-corrected chi connectivity index (χ0v) is 10.9. The van der Waals surface area contributed by atoms with Gasteiger partial charge in [-0.05, 0) is 37.1 Å². The molecule has 0 saturated carbocycles. The lowest BCUT2D eigenvalue weighted by Gasteiger charge is -2.01. The molecule has 0 atom stereocenters. The lowest BCUT2D eigenvalue weighted by molar-refractivity contribution is -0.110. The summed E-state index contributed by atoms with van der Waals surface area (Å²) in [6.45, 7) is 3.99. The van der Waals surface area contributed by atoms with Crippen molar-refractivity contribution in [1.29, 1.82) is 0 Å². The minimum absolute atomic E-state index is 0.134. The first-order valence-electron chi connectivity index (χ1n) is 6.22. The van der Waals surface area contributed by atoms with Crippen LogP contribution in [-0.4, -0.2) is 11.6 Å². The summed E-state index contributed by atoms with van der Waals surface area (Å²) in [7, 11) is 0. The molecule has 2 aromatic carbocycles. The molecule has 3 rings (SSSR count). The van der Waals surface area contributed by atoms with E-state index in [9.17, 15) is 4.79 Å². The van der Waals surface area contributed by atoms with Gasteiger partial charge < -0.3 is 5.32 Å². The van der Waals surface area contributed by atoms with E-state index in [0.29, 0.717) is 5.71 Å². The van der Waals surface area contributed by atoms with Crippen molar-refractivity contribution in [3.8, 4) is 0 Å². The van der Waals surface area contributed by atoms with Crippen LogP contribution in [0, 0.1) is 13.8 Å². The summed E-state index contributed by atoms with van der Waals surface area (Å²) in [4.78, 5) is 16.5. The number of carbonyl (C=O) groups excluding carboxylic acids is 1. The number of para-hydroxylation sites is 1. The van der Waals surface area contributed by atoms with E-state index in [1.807, 2.05) is 56.3 Å². The number of nitrogens with one attached hydrogen (secondary N) is 1. The smallest absolute Gasteiger partial charge is 0.275 e. The molecule has 0 radical (unpaired) electrons. The molecule has 2 aromatic rings. The van der Waals surface area contributed by atoms with Crippen LogP contribution in [0.4, 0.5) is 11.4 Å². The average molecular weight is 250 g/mol. The molecule has 1 N–H and O–H groups in total. The number of hydrogen-bond donors (Lipinski definition) is 1. The quantitative estimate of drug-likeness (QED) is 0.828. The van der Waals surface area contributed by atoms with Gasteiger partial charge in [-0.25, -0.2) is 4.99 Å². The molecule has 0 saturated heterocycles. The molecule has 1 heterocycles. The van der Waals surface area contributed by atoms with Gasteiger partial charge in [0.25, 0.3) is 5.91 Å². The van der Waals surface area contributed by atoms with Gasteiger partial charge in [0.05, 0.1) is 11.4 Å². The Hall–Kier alpha value is -2.42. The summed E-state index contributed by atoms with van der Waals surface area (Å²) in [6, 6.07) is 13.7. The molecule has 3 heteroatoms. The van der Waals surface area contributed by atoms with Gasteiger partial charge in [-0.1, -0.05) is 30.3 Å². The molecule has 1 aliphatic rings. The topological polar surface area (TPSA) is 41.5 Å². The molecule has 0 aliphatic carbocycles. The number of hydrogen-bond acceptors (Lipinski definition) is 2. The monoisotopic (exact) mass is 250 g/mol. The third-order valence-electron chi connectivity index (χ3n) is 3.22. The minimum atomic E-state index is -0.134. The summed E-state index contributed by atoms with van der Waals surface area (Å²) >= 11 is 0. The summed E-state index contributed by atoms with van der Waals surface area (Å²) in [5.74, 6) is -0.134. The van der Waals surface area contributed by atoms with Gasteiger partial charge in [0.2, 0.25) is 0 Å². The lowest BCUT2D eigenvalue weighted by Crippen LogP contribution is -2.13. The molecule has 0 aromatic heterocycles. The molecule has 0 spiro atoms. The maximum Gasteiger partial charge on any atom is 0.275 e. The second-order valence-corrected chi connectivity index (χ2v) is 4.75. The van der Waals surface area contributed by atoms with E-state index < -0.39 is 0 Å². The van der Waals surface area contributed by atoms with E-state index in [4.69, 9.17) is 0 Å². The van der Waals surface area contributed by atoms with E-state index >= 15 is 0 Å². The average Bonchev–Trinajstić information content (AvgIpc) is 2.69. The zero-order chi connectivity index (χ0) is 13.4. The molecule has 19 heavy (non-hydrogen) atoms. The van der Waals surface area contributed by atoms with Crippen molar-refractivity contribution in [3.63, 3.8) is 0 Å². The Morgan fingerprint density at radius 2 is 1.84 bits per heavy atom. The number of rotatable bonds is 1. The number of anilines is 1. The molecule has 0 fully saturated rings. The van der Waals surface area contributed by atoms with Crippen molar-refractivity contribution in [1.82, 2.24) is 0 Å². The second-order valence-electron chi connectivity index (χ2n) is 4.75. The van der Waals surface area contributed by atoms with Crippen LogP contribution in [0.1, 0.15) is 16.7 Å². The number of benzene rings is 2. The van der Waals surface area contributed by atoms with Crippen molar-refractivity contribution in [2.75, 3.05) is 5.32 Å². The van der Waals surface area contributed by atoms with Gasteiger partial charge in [0, 0.05) is 5.56 Å². The Labute approximate surface area is 112 Å². The molecule has 3 nitrogen and oxygen atoms in total. The maximum atomic E-state index is 12.0. The molecular weight excluding hydrogens is 236 g/mol. The van der Waals surface area contributed by atoms with Gasteiger partial charge >= 0.3 is 0 Å². The van der Waals surface area contributed by atoms with E-state index in [1.165, 1.54) is 0 Å². The summed E-state index contributed by atoms with van der Waals surface area (Å²) < 4.78 is 0. The van der Waals surface area contributed by atoms with Gasteiger partial charge in [-0.15, -0.1) is 0 Å². The highest BCUT2D eigenvalue weighted by Crippen LogP contribution is 2.28. The Morgan fingerprint density at radius 1 is 1.05 bits per heavy atom. The maximum absolute atomic E-state index is 12.0. The summed E-state index contributed by atoms with van der Waals surface area (Å²) in [5.41, 5.74) is 5.24. The first-order chi connectivity index (χ1) is 9.15. The Kier molecular flexibility index (Phi) is 2.67. The highest BCUT2D eigenvalue weighted by molar-refractivity contribution is 6.54. The summed E-state index contributed by atoms with van der Waals surface area (Å²) in [6.07, 6.45) is 0. The zero-order valence-electron chi connectivity index (χ0n) is 10.9. The van der Waals surface area contributed by atoms with Gasteiger partial charge in [-0.3, -0.25) is 4.79 Å². The fourth-order valence-corrected chi connectivity index (χ4v) is 2.26. The highest BCUT2D eigenvalue weighted by atomic mass is 16.2. The fourth-order valence-electron chi connectivity index (χ4n) is 2.26. The summed E-state index contributed by atoms with van der Waals surface area (Å²) in [5, 5.41) is 2.88. The second kappa shape index (κ2) is 4.35. The Bertz CT molecular complexity index is 702. The van der Waals surface area contributed by atoms with Crippen LogP contribution in [0.25, 0.3) is 0 Å². The number of fused-ring (bicyclic) bond motifs is 1. The van der Waals surface area contributed by atoms with Crippen molar-refractivity contribution >= 4 is 23.0 Å². The molecule has 1 aliphatic heterocycles. The van der Waals surface area contributed by atoms with Gasteiger partial charge in [-0.2, -0.15) is 0 Å².